The van der Waals surface area contributed by atoms with Crippen LogP contribution in [0.25, 0.3) is 0 Å². The summed E-state index contributed by atoms with van der Waals surface area (Å²) in [7, 11) is 2.12. The number of hydrogen-bond acceptors (Lipinski definition) is 2. The van der Waals surface area contributed by atoms with Gasteiger partial charge in [-0.2, -0.15) is 5.10 Å². The predicted octanol–water partition coefficient (Wildman–Crippen LogP) is 3.20. The fraction of sp³-hybridized carbons (Fsp3) is 0.800. The zero-order valence-electron chi connectivity index (χ0n) is 11.7. The highest BCUT2D eigenvalue weighted by Gasteiger charge is 2.29. The summed E-state index contributed by atoms with van der Waals surface area (Å²) in [6.45, 7) is 3.36. The van der Waals surface area contributed by atoms with Crippen LogP contribution in [0.2, 0.25) is 0 Å². The molecular weight excluding hydrogens is 222 g/mol. The summed E-state index contributed by atoms with van der Waals surface area (Å²) in [6.07, 6.45) is 9.54. The molecule has 3 nitrogen and oxygen atoms in total. The van der Waals surface area contributed by atoms with Gasteiger partial charge in [-0.05, 0) is 45.1 Å². The SMILES string of the molecule is Cc1nn(C)c(C2CCCN2)c1C1CCCCC1. The van der Waals surface area contributed by atoms with Crippen LogP contribution in [0.4, 0.5) is 0 Å². The molecule has 0 aromatic carbocycles. The standard InChI is InChI=1S/C15H25N3/c1-11-14(12-7-4-3-5-8-12)15(18(2)17-11)13-9-6-10-16-13/h12-13,16H,3-10H2,1-2H3. The topological polar surface area (TPSA) is 29.9 Å². The van der Waals surface area contributed by atoms with Crippen molar-refractivity contribution in [1.29, 1.82) is 0 Å². The van der Waals surface area contributed by atoms with Gasteiger partial charge in [0.05, 0.1) is 11.4 Å². The molecule has 0 amide bonds. The van der Waals surface area contributed by atoms with Crippen molar-refractivity contribution in [3.8, 4) is 0 Å². The molecule has 2 heterocycles. The number of hydrogen-bond donors (Lipinski definition) is 1. The summed E-state index contributed by atoms with van der Waals surface area (Å²) in [6, 6.07) is 0.549. The molecule has 1 aromatic rings. The summed E-state index contributed by atoms with van der Waals surface area (Å²) in [5.74, 6) is 0.768. The summed E-state index contributed by atoms with van der Waals surface area (Å²) in [5, 5.41) is 8.35. The highest BCUT2D eigenvalue weighted by Crippen LogP contribution is 2.39. The molecule has 1 saturated carbocycles. The Kier molecular flexibility index (Phi) is 3.42. The quantitative estimate of drug-likeness (QED) is 0.869. The van der Waals surface area contributed by atoms with Gasteiger partial charge in [-0.3, -0.25) is 4.68 Å². The minimum absolute atomic E-state index is 0.549. The van der Waals surface area contributed by atoms with Crippen molar-refractivity contribution >= 4 is 0 Å². The first-order valence-corrected chi connectivity index (χ1v) is 7.54. The van der Waals surface area contributed by atoms with Crippen molar-refractivity contribution < 1.29 is 0 Å². The lowest BCUT2D eigenvalue weighted by Crippen LogP contribution is -2.19. The summed E-state index contributed by atoms with van der Waals surface area (Å²) >= 11 is 0. The molecule has 1 unspecified atom stereocenters. The first-order valence-electron chi connectivity index (χ1n) is 7.54. The first-order chi connectivity index (χ1) is 8.77. The lowest BCUT2D eigenvalue weighted by molar-refractivity contribution is 0.435. The zero-order valence-corrected chi connectivity index (χ0v) is 11.7. The van der Waals surface area contributed by atoms with E-state index < -0.39 is 0 Å². The molecule has 0 bridgehead atoms. The van der Waals surface area contributed by atoms with Gasteiger partial charge in [0.15, 0.2) is 0 Å². The average molecular weight is 247 g/mol. The molecule has 2 aliphatic rings. The highest BCUT2D eigenvalue weighted by molar-refractivity contribution is 5.32. The van der Waals surface area contributed by atoms with E-state index in [-0.39, 0.29) is 0 Å². The predicted molar refractivity (Wildman–Crippen MR) is 73.7 cm³/mol. The molecule has 3 heteroatoms. The lowest BCUT2D eigenvalue weighted by atomic mass is 9.82. The number of rotatable bonds is 2. The number of aromatic nitrogens is 2. The number of aryl methyl sites for hydroxylation is 2. The maximum atomic E-state index is 4.71. The van der Waals surface area contributed by atoms with Crippen LogP contribution in [0.1, 0.15) is 73.9 Å². The minimum atomic E-state index is 0.549. The molecule has 18 heavy (non-hydrogen) atoms. The van der Waals surface area contributed by atoms with Gasteiger partial charge < -0.3 is 5.32 Å². The second-order valence-corrected chi connectivity index (χ2v) is 5.99. The Morgan fingerprint density at radius 1 is 1.11 bits per heavy atom. The van der Waals surface area contributed by atoms with Crippen LogP contribution in [-0.4, -0.2) is 16.3 Å². The van der Waals surface area contributed by atoms with Crippen molar-refractivity contribution in [3.05, 3.63) is 17.0 Å². The molecule has 1 aliphatic carbocycles. The molecule has 1 aromatic heterocycles. The van der Waals surface area contributed by atoms with Gasteiger partial charge in [0.2, 0.25) is 0 Å². The van der Waals surface area contributed by atoms with Gasteiger partial charge in [0.25, 0.3) is 0 Å². The third kappa shape index (κ3) is 2.09. The minimum Gasteiger partial charge on any atom is -0.309 e. The maximum absolute atomic E-state index is 4.71. The number of nitrogens with zero attached hydrogens (tertiary/aromatic N) is 2. The van der Waals surface area contributed by atoms with Crippen LogP contribution >= 0.6 is 0 Å². The molecule has 0 radical (unpaired) electrons. The van der Waals surface area contributed by atoms with E-state index in [1.54, 1.807) is 5.56 Å². The summed E-state index contributed by atoms with van der Waals surface area (Å²) < 4.78 is 2.14. The van der Waals surface area contributed by atoms with E-state index in [0.717, 1.165) is 5.92 Å². The van der Waals surface area contributed by atoms with Crippen LogP contribution in [0.5, 0.6) is 0 Å². The summed E-state index contributed by atoms with van der Waals surface area (Å²) in [4.78, 5) is 0. The summed E-state index contributed by atoms with van der Waals surface area (Å²) in [5.41, 5.74) is 4.33. The first kappa shape index (κ1) is 12.2. The van der Waals surface area contributed by atoms with Crippen LogP contribution in [0.15, 0.2) is 0 Å². The zero-order chi connectivity index (χ0) is 12.5. The molecule has 1 saturated heterocycles. The molecule has 100 valence electrons. The number of nitrogens with one attached hydrogen (secondary N) is 1. The van der Waals surface area contributed by atoms with Crippen LogP contribution in [0, 0.1) is 6.92 Å². The Morgan fingerprint density at radius 3 is 2.56 bits per heavy atom. The van der Waals surface area contributed by atoms with E-state index in [4.69, 9.17) is 5.10 Å². The highest BCUT2D eigenvalue weighted by atomic mass is 15.3. The molecule has 2 fully saturated rings. The van der Waals surface area contributed by atoms with E-state index >= 15 is 0 Å². The molecule has 1 N–H and O–H groups in total. The fourth-order valence-electron chi connectivity index (χ4n) is 3.92. The van der Waals surface area contributed by atoms with E-state index in [1.165, 1.54) is 62.9 Å². The van der Waals surface area contributed by atoms with Gasteiger partial charge in [0.1, 0.15) is 0 Å². The van der Waals surface area contributed by atoms with E-state index in [9.17, 15) is 0 Å². The van der Waals surface area contributed by atoms with Crippen molar-refractivity contribution in [2.45, 2.75) is 63.8 Å². The van der Waals surface area contributed by atoms with E-state index in [0.29, 0.717) is 6.04 Å². The van der Waals surface area contributed by atoms with Gasteiger partial charge in [-0.15, -0.1) is 0 Å². The van der Waals surface area contributed by atoms with Gasteiger partial charge >= 0.3 is 0 Å². The third-order valence-electron chi connectivity index (χ3n) is 4.72. The Hall–Kier alpha value is -0.830. The second-order valence-electron chi connectivity index (χ2n) is 5.99. The fourth-order valence-corrected chi connectivity index (χ4v) is 3.92. The maximum Gasteiger partial charge on any atom is 0.0631 e. The average Bonchev–Trinajstić information content (AvgIpc) is 2.97. The molecule has 0 spiro atoms. The van der Waals surface area contributed by atoms with Gasteiger partial charge in [-0.25, -0.2) is 0 Å². The Morgan fingerprint density at radius 2 is 1.89 bits per heavy atom. The molecular formula is C15H25N3. The Labute approximate surface area is 110 Å². The normalized spacial score (nSPS) is 25.8. The van der Waals surface area contributed by atoms with Crippen LogP contribution in [-0.2, 0) is 7.05 Å². The molecule has 1 atom stereocenters. The van der Waals surface area contributed by atoms with Crippen molar-refractivity contribution in [3.63, 3.8) is 0 Å². The lowest BCUT2D eigenvalue weighted by Gasteiger charge is -2.24. The van der Waals surface area contributed by atoms with Crippen LogP contribution < -0.4 is 5.32 Å². The largest absolute Gasteiger partial charge is 0.309 e. The van der Waals surface area contributed by atoms with E-state index in [1.807, 2.05) is 0 Å². The third-order valence-corrected chi connectivity index (χ3v) is 4.72. The van der Waals surface area contributed by atoms with Crippen molar-refractivity contribution in [2.75, 3.05) is 6.54 Å². The molecule has 1 aliphatic heterocycles. The van der Waals surface area contributed by atoms with Crippen LogP contribution in [0.3, 0.4) is 0 Å². The second kappa shape index (κ2) is 5.04. The Bertz CT molecular complexity index is 410. The monoisotopic (exact) mass is 247 g/mol. The molecule has 3 rings (SSSR count). The van der Waals surface area contributed by atoms with Gasteiger partial charge in [-0.1, -0.05) is 19.3 Å². The van der Waals surface area contributed by atoms with Gasteiger partial charge in [0, 0.05) is 18.7 Å². The Balaban J connectivity index is 1.95. The van der Waals surface area contributed by atoms with Crippen molar-refractivity contribution in [1.82, 2.24) is 15.1 Å². The smallest absolute Gasteiger partial charge is 0.0631 e. The van der Waals surface area contributed by atoms with E-state index in [2.05, 4.69) is 24.0 Å². The van der Waals surface area contributed by atoms with Crippen molar-refractivity contribution in [2.24, 2.45) is 7.05 Å².